The quantitative estimate of drug-likeness (QED) is 0.518. The maximum absolute atomic E-state index is 17.8. The van der Waals surface area contributed by atoms with Crippen LogP contribution in [0.15, 0.2) is 36.0 Å². The zero-order valence-electron chi connectivity index (χ0n) is 22.3. The molecule has 0 saturated heterocycles. The first-order valence-corrected chi connectivity index (χ1v) is 14.3. The van der Waals surface area contributed by atoms with Crippen LogP contribution >= 0.6 is 9.24 Å². The number of aliphatic hydroxyl groups excluding tert-OH is 2. The molecule has 0 aliphatic heterocycles. The zero-order chi connectivity index (χ0) is 27.3. The molecular weight excluding hydrogens is 502 g/mol. The summed E-state index contributed by atoms with van der Waals surface area (Å²) in [5, 5.41) is 38.7. The maximum atomic E-state index is 17.8. The first kappa shape index (κ1) is 26.3. The van der Waals surface area contributed by atoms with E-state index in [-0.39, 0.29) is 12.3 Å². The lowest BCUT2D eigenvalue weighted by Gasteiger charge is -2.63. The third kappa shape index (κ3) is 3.19. The Labute approximate surface area is 225 Å². The summed E-state index contributed by atoms with van der Waals surface area (Å²) < 4.78 is 19.7. The van der Waals surface area contributed by atoms with Gasteiger partial charge in [-0.2, -0.15) is 5.10 Å². The predicted molar refractivity (Wildman–Crippen MR) is 147 cm³/mol. The average Bonchev–Trinajstić information content (AvgIpc) is 3.34. The molecule has 0 amide bonds. The zero-order valence-corrected chi connectivity index (χ0v) is 23.5. The maximum Gasteiger partial charge on any atom is 0.190 e. The van der Waals surface area contributed by atoms with Gasteiger partial charge in [0.05, 0.1) is 24.5 Å². The number of alkyl halides is 1. The highest BCUT2D eigenvalue weighted by Crippen LogP contribution is 2.71. The van der Waals surface area contributed by atoms with Gasteiger partial charge in [-0.25, -0.2) is 4.39 Å². The minimum atomic E-state index is -1.90. The van der Waals surface area contributed by atoms with E-state index >= 15 is 4.39 Å². The molecule has 9 atom stereocenters. The molecule has 3 saturated carbocycles. The molecule has 4 aliphatic carbocycles. The van der Waals surface area contributed by atoms with Crippen molar-refractivity contribution in [2.75, 3.05) is 6.61 Å². The Balaban J connectivity index is 1.38. The molecule has 0 spiro atoms. The normalized spacial score (nSPS) is 41.5. The van der Waals surface area contributed by atoms with Gasteiger partial charge < -0.3 is 15.3 Å². The summed E-state index contributed by atoms with van der Waals surface area (Å²) in [6, 6.07) is 8.24. The smallest absolute Gasteiger partial charge is 0.190 e. The second-order valence-electron chi connectivity index (χ2n) is 12.8. The molecule has 3 N–H and O–H groups in total. The number of hydrogen-bond donors (Lipinski definition) is 3. The van der Waals surface area contributed by atoms with Crippen LogP contribution in [0.4, 0.5) is 4.39 Å². The highest BCUT2D eigenvalue weighted by Gasteiger charge is 2.75. The second kappa shape index (κ2) is 8.54. The Morgan fingerprint density at radius 2 is 2.05 bits per heavy atom. The fraction of sp³-hybridized carbons (Fsp3) is 0.600. The van der Waals surface area contributed by atoms with Gasteiger partial charge in [0.1, 0.15) is 17.9 Å². The molecule has 1 heterocycles. The molecule has 3 fully saturated rings. The van der Waals surface area contributed by atoms with Crippen molar-refractivity contribution in [1.82, 2.24) is 9.78 Å². The van der Waals surface area contributed by atoms with Gasteiger partial charge in [0.2, 0.25) is 0 Å². The van der Waals surface area contributed by atoms with Gasteiger partial charge in [-0.1, -0.05) is 44.5 Å². The number of Topliss-reactive ketones (excluding diaryl/α,β-unsaturated/α-hetero) is 1. The van der Waals surface area contributed by atoms with Crippen LogP contribution in [0.25, 0.3) is 6.08 Å². The summed E-state index contributed by atoms with van der Waals surface area (Å²) in [5.74, 6) is -1.82. The number of halogens is 1. The molecule has 4 aliphatic rings. The Kier molecular flexibility index (Phi) is 5.91. The Bertz CT molecular complexity index is 1340. The van der Waals surface area contributed by atoms with E-state index in [4.69, 9.17) is 0 Å². The van der Waals surface area contributed by atoms with E-state index in [1.807, 2.05) is 43.8 Å². The van der Waals surface area contributed by atoms with E-state index in [9.17, 15) is 20.1 Å². The summed E-state index contributed by atoms with van der Waals surface area (Å²) in [5.41, 5.74) is -1.47. The minimum absolute atomic E-state index is 0.0163. The lowest BCUT2D eigenvalue weighted by atomic mass is 9.43. The van der Waals surface area contributed by atoms with E-state index in [1.54, 1.807) is 0 Å². The van der Waals surface area contributed by atoms with Crippen LogP contribution in [-0.4, -0.2) is 54.9 Å². The Morgan fingerprint density at radius 1 is 1.29 bits per heavy atom. The number of fused-ring (bicyclic) bond motifs is 6. The second-order valence-corrected chi connectivity index (χ2v) is 13.4. The van der Waals surface area contributed by atoms with E-state index in [0.29, 0.717) is 32.2 Å². The highest BCUT2D eigenvalue weighted by molar-refractivity contribution is 7.27. The average molecular weight is 541 g/mol. The highest BCUT2D eigenvalue weighted by atomic mass is 31.0. The van der Waals surface area contributed by atoms with Gasteiger partial charge in [-0.05, 0) is 72.5 Å². The largest absolute Gasteiger partial charge is 0.390 e. The van der Waals surface area contributed by atoms with E-state index in [2.05, 4.69) is 32.5 Å². The summed E-state index contributed by atoms with van der Waals surface area (Å²) in [6.45, 7) is 5.44. The predicted octanol–water partition coefficient (Wildman–Crippen LogP) is 3.22. The molecule has 1 aromatic carbocycles. The van der Waals surface area contributed by atoms with Gasteiger partial charge in [0, 0.05) is 16.7 Å². The number of allylic oxidation sites excluding steroid dienone is 1. The van der Waals surface area contributed by atoms with Crippen molar-refractivity contribution in [2.45, 2.75) is 76.8 Å². The fourth-order valence-corrected chi connectivity index (χ4v) is 9.48. The number of nitrogens with zero attached hydrogens (tertiary/aromatic N) is 2. The van der Waals surface area contributed by atoms with Crippen molar-refractivity contribution < 1.29 is 24.5 Å². The van der Waals surface area contributed by atoms with Crippen molar-refractivity contribution in [2.24, 2.45) is 28.6 Å². The van der Waals surface area contributed by atoms with Gasteiger partial charge in [-0.15, -0.1) is 9.24 Å². The van der Waals surface area contributed by atoms with Crippen LogP contribution in [0, 0.1) is 28.6 Å². The first-order chi connectivity index (χ1) is 17.9. The SMILES string of the molecule is C[C@@H]1C[C@H]2[C@@H]3CCC4=Cc5c(cnn5Cc5cccc(P)c5)C[C@]4(C)[C@@]3(F)[C@@H](O)C[C@]2(C)[C@@]1(O)C(=O)CO. The molecule has 1 unspecified atom stereocenters. The minimum Gasteiger partial charge on any atom is -0.390 e. The number of aromatic nitrogens is 2. The molecule has 6 rings (SSSR count). The van der Waals surface area contributed by atoms with Crippen molar-refractivity contribution in [3.63, 3.8) is 0 Å². The van der Waals surface area contributed by atoms with Gasteiger partial charge in [0.15, 0.2) is 5.78 Å². The van der Waals surface area contributed by atoms with Crippen LogP contribution in [-0.2, 0) is 17.8 Å². The van der Waals surface area contributed by atoms with E-state index in [0.717, 1.165) is 27.7 Å². The third-order valence-electron chi connectivity index (χ3n) is 11.1. The van der Waals surface area contributed by atoms with Gasteiger partial charge in [0.25, 0.3) is 0 Å². The Hall–Kier alpha value is -1.92. The van der Waals surface area contributed by atoms with Crippen molar-refractivity contribution in [3.8, 4) is 0 Å². The van der Waals surface area contributed by atoms with E-state index in [1.165, 1.54) is 0 Å². The molecule has 8 heteroatoms. The molecule has 6 nitrogen and oxygen atoms in total. The molecule has 204 valence electrons. The molecule has 2 aromatic rings. The summed E-state index contributed by atoms with van der Waals surface area (Å²) >= 11 is 0. The van der Waals surface area contributed by atoms with Gasteiger partial charge >= 0.3 is 0 Å². The van der Waals surface area contributed by atoms with Crippen LogP contribution in [0.1, 0.15) is 63.3 Å². The van der Waals surface area contributed by atoms with Gasteiger partial charge in [-0.3, -0.25) is 9.48 Å². The monoisotopic (exact) mass is 540 g/mol. The van der Waals surface area contributed by atoms with E-state index < -0.39 is 52.4 Å². The summed E-state index contributed by atoms with van der Waals surface area (Å²) in [7, 11) is 2.72. The number of carbonyl (C=O) groups excluding carboxylic acids is 1. The molecule has 38 heavy (non-hydrogen) atoms. The lowest BCUT2D eigenvalue weighted by molar-refractivity contribution is -0.226. The summed E-state index contributed by atoms with van der Waals surface area (Å²) in [4.78, 5) is 12.8. The molecule has 0 radical (unpaired) electrons. The number of benzene rings is 1. The van der Waals surface area contributed by atoms with Crippen molar-refractivity contribution in [3.05, 3.63) is 52.9 Å². The number of hydrogen-bond acceptors (Lipinski definition) is 5. The number of aliphatic hydroxyl groups is 3. The van der Waals surface area contributed by atoms with Crippen LogP contribution < -0.4 is 5.30 Å². The Morgan fingerprint density at radius 3 is 2.76 bits per heavy atom. The topological polar surface area (TPSA) is 95.6 Å². The number of ketones is 1. The molecule has 0 bridgehead atoms. The van der Waals surface area contributed by atoms with Crippen LogP contribution in [0.5, 0.6) is 0 Å². The van der Waals surface area contributed by atoms with Crippen molar-refractivity contribution in [1.29, 1.82) is 0 Å². The van der Waals surface area contributed by atoms with Crippen LogP contribution in [0.2, 0.25) is 0 Å². The third-order valence-corrected chi connectivity index (χ3v) is 11.4. The molecular formula is C30H38FN2O4P. The fourth-order valence-electron chi connectivity index (χ4n) is 9.15. The first-order valence-electron chi connectivity index (χ1n) is 13.7. The lowest BCUT2D eigenvalue weighted by Crippen LogP contribution is -2.70. The molecule has 1 aromatic heterocycles. The summed E-state index contributed by atoms with van der Waals surface area (Å²) in [6.07, 6.45) is 4.75. The van der Waals surface area contributed by atoms with Crippen LogP contribution in [0.3, 0.4) is 0 Å². The number of carbonyl (C=O) groups is 1. The van der Waals surface area contributed by atoms with Crippen molar-refractivity contribution >= 4 is 26.4 Å². The number of rotatable bonds is 4. The standard InChI is InChI=1S/C30H38FN2O4P/c1-17-9-23-22-8-7-20-11-24-19(14-32-33(24)15-18-5-4-6-21(38)10-18)12-27(20,2)29(22,31)25(35)13-28(23,3)30(17,37)26(36)16-34/h4-6,10-11,14,17,22-23,25,34-35,37H,7-9,12-13,15-16,38H2,1-3H3/t17-,22+,23+,25+,27+,28+,29+,30+/m1/s1.